The summed E-state index contributed by atoms with van der Waals surface area (Å²) in [5.74, 6) is 0.548. The first kappa shape index (κ1) is 20.7. The lowest BCUT2D eigenvalue weighted by Crippen LogP contribution is -1.98. The molecule has 0 aliphatic carbocycles. The van der Waals surface area contributed by atoms with E-state index >= 15 is 0 Å². The standard InChI is InChI=1S/C12H4Br6ClO3P/c13-5-1-7(15)11(8(16)2-5)21-23(19,20)22-12-9(17)3-6(14)4-10(12)18/h1-4H. The first-order valence-electron chi connectivity index (χ1n) is 5.57. The van der Waals surface area contributed by atoms with Gasteiger partial charge in [0.2, 0.25) is 0 Å². The predicted molar refractivity (Wildman–Crippen MR) is 114 cm³/mol. The Labute approximate surface area is 187 Å². The van der Waals surface area contributed by atoms with Crippen molar-refractivity contribution in [2.24, 2.45) is 0 Å². The summed E-state index contributed by atoms with van der Waals surface area (Å²) in [5, 5.41) is 0. The molecule has 0 saturated heterocycles. The number of rotatable bonds is 4. The lowest BCUT2D eigenvalue weighted by molar-refractivity contribution is 0.402. The van der Waals surface area contributed by atoms with Crippen LogP contribution < -0.4 is 9.05 Å². The molecule has 0 aliphatic heterocycles. The van der Waals surface area contributed by atoms with E-state index in [0.29, 0.717) is 17.9 Å². The van der Waals surface area contributed by atoms with E-state index < -0.39 is 6.95 Å². The van der Waals surface area contributed by atoms with Gasteiger partial charge in [0.1, 0.15) is 0 Å². The maximum Gasteiger partial charge on any atom is 0.530 e. The lowest BCUT2D eigenvalue weighted by Gasteiger charge is -2.17. The van der Waals surface area contributed by atoms with Crippen LogP contribution in [-0.2, 0) is 4.57 Å². The Morgan fingerprint density at radius 1 is 0.696 bits per heavy atom. The van der Waals surface area contributed by atoms with Crippen LogP contribution in [0.4, 0.5) is 0 Å². The van der Waals surface area contributed by atoms with Gasteiger partial charge in [0.05, 0.1) is 17.9 Å². The monoisotopic (exact) mass is 735 g/mol. The highest BCUT2D eigenvalue weighted by molar-refractivity contribution is 9.12. The maximum atomic E-state index is 12.5. The molecule has 0 fully saturated rings. The highest BCUT2D eigenvalue weighted by Gasteiger charge is 2.29. The molecule has 124 valence electrons. The van der Waals surface area contributed by atoms with Crippen LogP contribution in [0.5, 0.6) is 11.5 Å². The topological polar surface area (TPSA) is 35.5 Å². The smallest absolute Gasteiger partial charge is 0.402 e. The van der Waals surface area contributed by atoms with Crippen molar-refractivity contribution in [3.05, 3.63) is 51.1 Å². The zero-order chi connectivity index (χ0) is 17.4. The van der Waals surface area contributed by atoms with Crippen LogP contribution >= 0.6 is 114 Å². The Morgan fingerprint density at radius 3 is 1.22 bits per heavy atom. The fraction of sp³-hybridized carbons (Fsp3) is 0. The maximum absolute atomic E-state index is 12.5. The zero-order valence-electron chi connectivity index (χ0n) is 10.6. The molecule has 2 rings (SSSR count). The molecule has 0 radical (unpaired) electrons. The normalized spacial score (nSPS) is 11.4. The number of benzene rings is 2. The van der Waals surface area contributed by atoms with Crippen molar-refractivity contribution in [1.29, 1.82) is 0 Å². The Kier molecular flexibility index (Phi) is 7.60. The Morgan fingerprint density at radius 2 is 0.957 bits per heavy atom. The average molecular weight is 742 g/mol. The molecule has 11 heteroatoms. The van der Waals surface area contributed by atoms with E-state index in [1.165, 1.54) is 0 Å². The third kappa shape index (κ3) is 5.71. The second kappa shape index (κ2) is 8.42. The van der Waals surface area contributed by atoms with Crippen LogP contribution in [0.2, 0.25) is 0 Å². The van der Waals surface area contributed by atoms with Crippen LogP contribution in [0.25, 0.3) is 0 Å². The molecule has 0 bridgehead atoms. The van der Waals surface area contributed by atoms with Gasteiger partial charge in [-0.1, -0.05) is 31.9 Å². The predicted octanol–water partition coefficient (Wildman–Crippen LogP) is 9.07. The minimum atomic E-state index is -3.95. The molecular formula is C12H4Br6ClO3P. The number of halogens is 7. The largest absolute Gasteiger partial charge is 0.530 e. The molecular weight excluding hydrogens is 738 g/mol. The van der Waals surface area contributed by atoms with Crippen molar-refractivity contribution >= 4 is 114 Å². The second-order valence-corrected chi connectivity index (χ2v) is 11.7. The minimum Gasteiger partial charge on any atom is -0.402 e. The fourth-order valence-corrected chi connectivity index (χ4v) is 8.09. The molecule has 0 amide bonds. The molecule has 3 nitrogen and oxygen atoms in total. The number of hydrogen-bond acceptors (Lipinski definition) is 3. The van der Waals surface area contributed by atoms with Gasteiger partial charge >= 0.3 is 6.95 Å². The molecule has 0 atom stereocenters. The third-order valence-corrected chi connectivity index (χ3v) is 6.81. The van der Waals surface area contributed by atoms with Crippen molar-refractivity contribution in [2.45, 2.75) is 0 Å². The molecule has 2 aromatic rings. The fourth-order valence-electron chi connectivity index (χ4n) is 1.47. The van der Waals surface area contributed by atoms with Gasteiger partial charge in [-0.25, -0.2) is 4.57 Å². The SMILES string of the molecule is O=P(Cl)(Oc1c(Br)cc(Br)cc1Br)Oc1c(Br)cc(Br)cc1Br. The molecule has 0 N–H and O–H groups in total. The first-order chi connectivity index (χ1) is 10.6. The quantitative estimate of drug-likeness (QED) is 0.294. The highest BCUT2D eigenvalue weighted by Crippen LogP contribution is 2.58. The summed E-state index contributed by atoms with van der Waals surface area (Å²) >= 11 is 26.0. The molecule has 0 aliphatic rings. The average Bonchev–Trinajstić information content (AvgIpc) is 2.38. The zero-order valence-corrected chi connectivity index (χ0v) is 21.8. The van der Waals surface area contributed by atoms with E-state index in [-0.39, 0.29) is 11.5 Å². The van der Waals surface area contributed by atoms with Crippen molar-refractivity contribution in [3.8, 4) is 11.5 Å². The van der Waals surface area contributed by atoms with Gasteiger partial charge in [0, 0.05) is 20.2 Å². The molecule has 0 heterocycles. The molecule has 0 aromatic heterocycles. The summed E-state index contributed by atoms with van der Waals surface area (Å²) in [7, 11) is 0. The van der Waals surface area contributed by atoms with Crippen LogP contribution in [-0.4, -0.2) is 0 Å². The van der Waals surface area contributed by atoms with Crippen LogP contribution in [0, 0.1) is 0 Å². The molecule has 23 heavy (non-hydrogen) atoms. The molecule has 0 unspecified atom stereocenters. The highest BCUT2D eigenvalue weighted by atomic mass is 79.9. The summed E-state index contributed by atoms with van der Waals surface area (Å²) in [6.45, 7) is -3.95. The van der Waals surface area contributed by atoms with Gasteiger partial charge in [0.15, 0.2) is 11.5 Å². The molecule has 0 spiro atoms. The van der Waals surface area contributed by atoms with E-state index in [1.54, 1.807) is 24.3 Å². The van der Waals surface area contributed by atoms with E-state index in [0.717, 1.165) is 8.95 Å². The van der Waals surface area contributed by atoms with Crippen molar-refractivity contribution in [2.75, 3.05) is 0 Å². The van der Waals surface area contributed by atoms with Gasteiger partial charge in [0.25, 0.3) is 0 Å². The summed E-state index contributed by atoms with van der Waals surface area (Å²) in [4.78, 5) is 0. The lowest BCUT2D eigenvalue weighted by atomic mass is 10.3. The van der Waals surface area contributed by atoms with Gasteiger partial charge in [-0.2, -0.15) is 0 Å². The van der Waals surface area contributed by atoms with Gasteiger partial charge < -0.3 is 9.05 Å². The Hall–Kier alpha value is 1.44. The van der Waals surface area contributed by atoms with Gasteiger partial charge in [-0.3, -0.25) is 0 Å². The van der Waals surface area contributed by atoms with Gasteiger partial charge in [-0.05, 0) is 88.0 Å². The van der Waals surface area contributed by atoms with Gasteiger partial charge in [-0.15, -0.1) is 0 Å². The summed E-state index contributed by atoms with van der Waals surface area (Å²) in [5.41, 5.74) is 0. The van der Waals surface area contributed by atoms with Crippen LogP contribution in [0.3, 0.4) is 0 Å². The van der Waals surface area contributed by atoms with E-state index in [2.05, 4.69) is 95.6 Å². The first-order valence-corrected chi connectivity index (χ1v) is 12.8. The summed E-state index contributed by atoms with van der Waals surface area (Å²) < 4.78 is 27.2. The Bertz CT molecular complexity index is 706. The third-order valence-electron chi connectivity index (χ3n) is 2.33. The van der Waals surface area contributed by atoms with Crippen LogP contribution in [0.1, 0.15) is 0 Å². The minimum absolute atomic E-state index is 0.274. The van der Waals surface area contributed by atoms with Crippen molar-refractivity contribution in [3.63, 3.8) is 0 Å². The Balaban J connectivity index is 2.33. The summed E-state index contributed by atoms with van der Waals surface area (Å²) in [6, 6.07) is 6.95. The van der Waals surface area contributed by atoms with Crippen LogP contribution in [0.15, 0.2) is 51.1 Å². The van der Waals surface area contributed by atoms with E-state index in [1.807, 2.05) is 0 Å². The van der Waals surface area contributed by atoms with Crippen molar-refractivity contribution in [1.82, 2.24) is 0 Å². The second-order valence-electron chi connectivity index (χ2n) is 4.01. The van der Waals surface area contributed by atoms with Crippen molar-refractivity contribution < 1.29 is 13.6 Å². The molecule has 2 aromatic carbocycles. The molecule has 0 saturated carbocycles. The number of hydrogen-bond donors (Lipinski definition) is 0. The van der Waals surface area contributed by atoms with E-state index in [9.17, 15) is 4.57 Å². The summed E-state index contributed by atoms with van der Waals surface area (Å²) in [6.07, 6.45) is 0. The van der Waals surface area contributed by atoms with E-state index in [4.69, 9.17) is 20.3 Å².